The van der Waals surface area contributed by atoms with Crippen LogP contribution in [-0.4, -0.2) is 86.4 Å². The molecule has 0 amide bonds. The molecule has 22 heavy (non-hydrogen) atoms. The molecule has 0 aromatic heterocycles. The lowest BCUT2D eigenvalue weighted by molar-refractivity contribution is -0.159. The molecule has 0 aliphatic rings. The summed E-state index contributed by atoms with van der Waals surface area (Å²) in [6, 6.07) is 0. The fourth-order valence-electron chi connectivity index (χ4n) is 1.13. The molecule has 10 nitrogen and oxygen atoms in total. The zero-order valence-electron chi connectivity index (χ0n) is 12.2. The van der Waals surface area contributed by atoms with Crippen LogP contribution in [0.25, 0.3) is 0 Å². The van der Waals surface area contributed by atoms with E-state index in [4.69, 9.17) is 30.0 Å². The number of rotatable bonds is 9. The highest BCUT2D eigenvalue weighted by Gasteiger charge is 2.29. The molecule has 3 atom stereocenters. The molecule has 10 heteroatoms. The minimum atomic E-state index is -1.82. The lowest BCUT2D eigenvalue weighted by atomic mass is 10.0. The highest BCUT2D eigenvalue weighted by Crippen LogP contribution is 2.01. The smallest absolute Gasteiger partial charge is 0.414 e. The van der Waals surface area contributed by atoms with Gasteiger partial charge >= 0.3 is 11.9 Å². The molecular weight excluding hydrogens is 302 g/mol. The van der Waals surface area contributed by atoms with Gasteiger partial charge in [0.05, 0.1) is 13.2 Å². The zero-order valence-corrected chi connectivity index (χ0v) is 12.2. The van der Waals surface area contributed by atoms with Crippen molar-refractivity contribution in [2.75, 3.05) is 19.7 Å². The minimum Gasteiger partial charge on any atom is -0.473 e. The molecule has 7 N–H and O–H groups in total. The molecule has 0 aliphatic heterocycles. The molecule has 130 valence electrons. The van der Waals surface area contributed by atoms with E-state index in [1.54, 1.807) is 0 Å². The van der Waals surface area contributed by atoms with Crippen molar-refractivity contribution < 1.29 is 45.0 Å². The van der Waals surface area contributed by atoms with Crippen LogP contribution in [0.2, 0.25) is 0 Å². The van der Waals surface area contributed by atoms with Gasteiger partial charge in [-0.2, -0.15) is 0 Å². The molecule has 0 aromatic rings. The number of nitrogens with one attached hydrogen (secondary N) is 1. The van der Waals surface area contributed by atoms with E-state index in [9.17, 15) is 15.0 Å². The molecule has 0 saturated heterocycles. The standard InChI is InChI=1S/C10H21NO5.C2H2O4/c1-2-3-4-11-5-7(13)9(15)10(16)8(14)6-12;3-1(4)2(5)6/h8-12,14-16H,2-6H2,1H3;(H,3,4)(H,5,6)/t8-,9-,10-;/m1./s1. The summed E-state index contributed by atoms with van der Waals surface area (Å²) < 4.78 is 0. The first-order chi connectivity index (χ1) is 10.2. The predicted octanol–water partition coefficient (Wildman–Crippen LogP) is -2.82. The monoisotopic (exact) mass is 325 g/mol. The van der Waals surface area contributed by atoms with Gasteiger partial charge in [-0.3, -0.25) is 4.79 Å². The number of carbonyl (C=O) groups excluding carboxylic acids is 1. The molecule has 0 aromatic carbocycles. The molecule has 0 unspecified atom stereocenters. The van der Waals surface area contributed by atoms with Gasteiger partial charge in [-0.05, 0) is 13.0 Å². The van der Waals surface area contributed by atoms with Crippen molar-refractivity contribution in [1.29, 1.82) is 0 Å². The van der Waals surface area contributed by atoms with Crippen LogP contribution in [0.5, 0.6) is 0 Å². The van der Waals surface area contributed by atoms with Gasteiger partial charge in [0.2, 0.25) is 0 Å². The van der Waals surface area contributed by atoms with Crippen LogP contribution in [0.15, 0.2) is 0 Å². The molecule has 0 radical (unpaired) electrons. The minimum absolute atomic E-state index is 0.0592. The highest BCUT2D eigenvalue weighted by atomic mass is 16.4. The van der Waals surface area contributed by atoms with Gasteiger partial charge in [-0.15, -0.1) is 0 Å². The van der Waals surface area contributed by atoms with E-state index < -0.39 is 42.6 Å². The summed E-state index contributed by atoms with van der Waals surface area (Å²) in [5.41, 5.74) is 0. The Kier molecular flexibility index (Phi) is 13.5. The van der Waals surface area contributed by atoms with E-state index >= 15 is 0 Å². The van der Waals surface area contributed by atoms with Crippen LogP contribution < -0.4 is 5.32 Å². The van der Waals surface area contributed by atoms with Crippen LogP contribution in [0.4, 0.5) is 0 Å². The molecular formula is C12H23NO9. The second kappa shape index (κ2) is 13.1. The average molecular weight is 325 g/mol. The fraction of sp³-hybridized carbons (Fsp3) is 0.750. The number of carbonyl (C=O) groups is 3. The number of hydrogen-bond donors (Lipinski definition) is 7. The number of ketones is 1. The summed E-state index contributed by atoms with van der Waals surface area (Å²) in [7, 11) is 0. The summed E-state index contributed by atoms with van der Waals surface area (Å²) in [5, 5.41) is 53.7. The quantitative estimate of drug-likeness (QED) is 0.172. The second-order valence-electron chi connectivity index (χ2n) is 4.29. The number of aliphatic hydroxyl groups is 4. The first kappa shape index (κ1) is 22.7. The maximum Gasteiger partial charge on any atom is 0.414 e. The molecule has 0 fully saturated rings. The second-order valence-corrected chi connectivity index (χ2v) is 4.29. The molecule has 0 saturated carbocycles. The number of aliphatic hydroxyl groups excluding tert-OH is 4. The van der Waals surface area contributed by atoms with Crippen molar-refractivity contribution in [3.63, 3.8) is 0 Å². The third-order valence-corrected chi connectivity index (χ3v) is 2.42. The van der Waals surface area contributed by atoms with Gasteiger partial charge in [0.1, 0.15) is 18.3 Å². The summed E-state index contributed by atoms with van der Waals surface area (Å²) in [6.07, 6.45) is -2.91. The van der Waals surface area contributed by atoms with Crippen molar-refractivity contribution in [3.05, 3.63) is 0 Å². The van der Waals surface area contributed by atoms with E-state index in [1.807, 2.05) is 6.92 Å². The number of aliphatic carboxylic acids is 2. The molecule has 0 spiro atoms. The Bertz CT molecular complexity index is 335. The van der Waals surface area contributed by atoms with Crippen LogP contribution in [0, 0.1) is 0 Å². The maximum atomic E-state index is 11.3. The Balaban J connectivity index is 0. The summed E-state index contributed by atoms with van der Waals surface area (Å²) >= 11 is 0. The van der Waals surface area contributed by atoms with Crippen LogP contribution in [0.1, 0.15) is 19.8 Å². The van der Waals surface area contributed by atoms with Crippen LogP contribution in [-0.2, 0) is 14.4 Å². The lowest BCUT2D eigenvalue weighted by Gasteiger charge is -2.20. The highest BCUT2D eigenvalue weighted by molar-refractivity contribution is 6.27. The SMILES string of the molecule is CCCCNCC(=O)[C@@H](O)[C@H](O)[C@H](O)CO.O=C(O)C(=O)O. The molecule has 0 heterocycles. The number of hydrogen-bond acceptors (Lipinski definition) is 8. The van der Waals surface area contributed by atoms with Gasteiger partial charge in [0, 0.05) is 0 Å². The van der Waals surface area contributed by atoms with Crippen molar-refractivity contribution in [1.82, 2.24) is 5.32 Å². The molecule has 0 aliphatic carbocycles. The summed E-state index contributed by atoms with van der Waals surface area (Å²) in [5.74, 6) is -4.25. The summed E-state index contributed by atoms with van der Waals surface area (Å²) in [4.78, 5) is 29.5. The third kappa shape index (κ3) is 11.1. The number of carboxylic acid groups (broad SMARTS) is 2. The topological polar surface area (TPSA) is 185 Å². The van der Waals surface area contributed by atoms with Crippen molar-refractivity contribution in [2.45, 2.75) is 38.1 Å². The normalized spacial score (nSPS) is 14.2. The number of Topliss-reactive ketones (excluding diaryl/α,β-unsaturated/α-hetero) is 1. The van der Waals surface area contributed by atoms with Crippen molar-refractivity contribution in [2.24, 2.45) is 0 Å². The van der Waals surface area contributed by atoms with E-state index in [0.717, 1.165) is 12.8 Å². The largest absolute Gasteiger partial charge is 0.473 e. The van der Waals surface area contributed by atoms with E-state index in [-0.39, 0.29) is 6.54 Å². The Labute approximate surface area is 127 Å². The summed E-state index contributed by atoms with van der Waals surface area (Å²) in [6.45, 7) is 1.92. The van der Waals surface area contributed by atoms with E-state index in [2.05, 4.69) is 5.32 Å². The van der Waals surface area contributed by atoms with Gasteiger partial charge < -0.3 is 36.0 Å². The van der Waals surface area contributed by atoms with Crippen molar-refractivity contribution >= 4 is 17.7 Å². The Hall–Kier alpha value is -1.59. The molecule has 0 rings (SSSR count). The Morgan fingerprint density at radius 3 is 1.91 bits per heavy atom. The first-order valence-corrected chi connectivity index (χ1v) is 6.53. The van der Waals surface area contributed by atoms with Crippen LogP contribution in [0.3, 0.4) is 0 Å². The zero-order chi connectivity index (χ0) is 17.7. The first-order valence-electron chi connectivity index (χ1n) is 6.53. The van der Waals surface area contributed by atoms with Gasteiger partial charge in [0.15, 0.2) is 5.78 Å². The van der Waals surface area contributed by atoms with Crippen molar-refractivity contribution in [3.8, 4) is 0 Å². The molecule has 0 bridgehead atoms. The fourth-order valence-corrected chi connectivity index (χ4v) is 1.13. The predicted molar refractivity (Wildman–Crippen MR) is 73.2 cm³/mol. The van der Waals surface area contributed by atoms with E-state index in [1.165, 1.54) is 0 Å². The van der Waals surface area contributed by atoms with E-state index in [0.29, 0.717) is 6.54 Å². The average Bonchev–Trinajstić information content (AvgIpc) is 2.49. The van der Waals surface area contributed by atoms with Gasteiger partial charge in [0.25, 0.3) is 0 Å². The number of carboxylic acids is 2. The Morgan fingerprint density at radius 1 is 1.05 bits per heavy atom. The lowest BCUT2D eigenvalue weighted by Crippen LogP contribution is -2.46. The maximum absolute atomic E-state index is 11.3. The Morgan fingerprint density at radius 2 is 1.55 bits per heavy atom. The van der Waals surface area contributed by atoms with Gasteiger partial charge in [-0.25, -0.2) is 9.59 Å². The van der Waals surface area contributed by atoms with Crippen LogP contribution >= 0.6 is 0 Å². The number of unbranched alkanes of at least 4 members (excludes halogenated alkanes) is 1. The third-order valence-electron chi connectivity index (χ3n) is 2.42. The van der Waals surface area contributed by atoms with Gasteiger partial charge in [-0.1, -0.05) is 13.3 Å².